The fourth-order valence-corrected chi connectivity index (χ4v) is 8.92. The predicted molar refractivity (Wildman–Crippen MR) is 203 cm³/mol. The Hall–Kier alpha value is -5.11. The molecule has 0 unspecified atom stereocenters. The first-order valence-corrected chi connectivity index (χ1v) is 18.9. The number of ketones is 1. The van der Waals surface area contributed by atoms with E-state index >= 15 is 0 Å². The van der Waals surface area contributed by atoms with Crippen LogP contribution in [0, 0.1) is 17.0 Å². The number of anilines is 3. The Morgan fingerprint density at radius 2 is 1.75 bits per heavy atom. The number of thiophene rings is 1. The maximum Gasteiger partial charge on any atom is 0.265 e. The zero-order valence-electron chi connectivity index (χ0n) is 29.2. The first-order valence-electron chi connectivity index (χ1n) is 17.7. The SMILES string of the molecule is O=C(Cc1c(F)cccc1Cl)c1cc2c(s1)-c1ccc(F)cc1N(C(=O)c1ccc(NC(=O)c3cc(C(F)F)cnc3N3CC4(CCOCC4)C3)cc1)CC2. The number of hydrogen-bond acceptors (Lipinski definition) is 7. The summed E-state index contributed by atoms with van der Waals surface area (Å²) in [6.07, 6.45) is 0.187. The molecule has 5 heterocycles. The third-order valence-corrected chi connectivity index (χ3v) is 12.1. The lowest BCUT2D eigenvalue weighted by Gasteiger charge is -2.53. The molecule has 0 aliphatic carbocycles. The van der Waals surface area contributed by atoms with E-state index in [1.54, 1.807) is 12.1 Å². The highest BCUT2D eigenvalue weighted by Gasteiger charge is 2.45. The van der Waals surface area contributed by atoms with Gasteiger partial charge in [-0.05, 0) is 91.6 Å². The van der Waals surface area contributed by atoms with Gasteiger partial charge in [-0.15, -0.1) is 11.3 Å². The highest BCUT2D eigenvalue weighted by Crippen LogP contribution is 2.44. The minimum atomic E-state index is -2.81. The van der Waals surface area contributed by atoms with Gasteiger partial charge < -0.3 is 19.9 Å². The Morgan fingerprint density at radius 1 is 0.982 bits per heavy atom. The number of hydrogen-bond donors (Lipinski definition) is 1. The van der Waals surface area contributed by atoms with Gasteiger partial charge in [0.15, 0.2) is 5.78 Å². The molecule has 14 heteroatoms. The summed E-state index contributed by atoms with van der Waals surface area (Å²) in [5.41, 5.74) is 2.11. The van der Waals surface area contributed by atoms with Crippen LogP contribution in [-0.2, 0) is 17.6 Å². The minimum Gasteiger partial charge on any atom is -0.381 e. The second-order valence-corrected chi connectivity index (χ2v) is 15.5. The van der Waals surface area contributed by atoms with Gasteiger partial charge in [-0.2, -0.15) is 0 Å². The molecule has 3 aromatic carbocycles. The molecular weight excluding hydrogens is 756 g/mol. The largest absolute Gasteiger partial charge is 0.381 e. The van der Waals surface area contributed by atoms with E-state index in [0.717, 1.165) is 24.6 Å². The van der Waals surface area contributed by atoms with Crippen molar-refractivity contribution in [3.05, 3.63) is 128 Å². The molecule has 282 valence electrons. The lowest BCUT2D eigenvalue weighted by molar-refractivity contribution is -0.000523. The standard InChI is InChI=1S/C41H33ClF4N4O4S/c42-31-2-1-3-32(44)29(31)19-34(51)35-17-24-10-13-50(33-18-26(43)6-9-28(33)36(24)55-35)40(53)23-4-7-27(8-5-23)48-39(52)30-16-25(37(45)46)20-47-38(30)49-21-41(22-49)11-14-54-15-12-41/h1-9,16-18,20,37H,10-15,19,21-22H2,(H,48,52). The zero-order valence-corrected chi connectivity index (χ0v) is 30.8. The van der Waals surface area contributed by atoms with Crippen LogP contribution in [0.25, 0.3) is 10.4 Å². The molecule has 1 spiro atoms. The van der Waals surface area contributed by atoms with Crippen molar-refractivity contribution in [2.24, 2.45) is 5.41 Å². The number of ether oxygens (including phenoxy) is 1. The summed E-state index contributed by atoms with van der Waals surface area (Å²) in [6.45, 7) is 2.79. The van der Waals surface area contributed by atoms with Crippen molar-refractivity contribution in [3.8, 4) is 10.4 Å². The quantitative estimate of drug-likeness (QED) is 0.125. The summed E-state index contributed by atoms with van der Waals surface area (Å²) < 4.78 is 62.1. The van der Waals surface area contributed by atoms with E-state index in [1.807, 2.05) is 4.90 Å². The van der Waals surface area contributed by atoms with Crippen LogP contribution in [0.5, 0.6) is 0 Å². The van der Waals surface area contributed by atoms with Crippen molar-refractivity contribution in [1.82, 2.24) is 4.98 Å². The minimum absolute atomic E-state index is 0.0245. The van der Waals surface area contributed by atoms with E-state index in [1.165, 1.54) is 76.9 Å². The Balaban J connectivity index is 1.00. The molecule has 0 bridgehead atoms. The summed E-state index contributed by atoms with van der Waals surface area (Å²) in [7, 11) is 0. The lowest BCUT2D eigenvalue weighted by atomic mass is 9.73. The number of benzene rings is 3. The molecule has 0 radical (unpaired) electrons. The topological polar surface area (TPSA) is 91.8 Å². The monoisotopic (exact) mass is 788 g/mol. The zero-order chi connectivity index (χ0) is 38.4. The van der Waals surface area contributed by atoms with Gasteiger partial charge in [0.25, 0.3) is 18.2 Å². The summed E-state index contributed by atoms with van der Waals surface area (Å²) in [5, 5.41) is 2.92. The van der Waals surface area contributed by atoms with Crippen LogP contribution in [0.3, 0.4) is 0 Å². The van der Waals surface area contributed by atoms with E-state index in [0.29, 0.717) is 65.2 Å². The predicted octanol–water partition coefficient (Wildman–Crippen LogP) is 9.18. The number of aromatic nitrogens is 1. The number of pyridine rings is 1. The van der Waals surface area contributed by atoms with Gasteiger partial charge in [0.1, 0.15) is 17.5 Å². The number of fused-ring (bicyclic) bond motifs is 3. The molecule has 0 saturated carbocycles. The highest BCUT2D eigenvalue weighted by atomic mass is 35.5. The average Bonchev–Trinajstić information content (AvgIpc) is 3.53. The van der Waals surface area contributed by atoms with Crippen LogP contribution in [0.15, 0.2) is 79.0 Å². The van der Waals surface area contributed by atoms with Gasteiger partial charge in [0.05, 0.1) is 16.1 Å². The molecule has 2 fully saturated rings. The molecule has 8 nitrogen and oxygen atoms in total. The number of nitrogens with one attached hydrogen (secondary N) is 1. The molecule has 8 rings (SSSR count). The third-order valence-electron chi connectivity index (χ3n) is 10.5. The van der Waals surface area contributed by atoms with Crippen molar-refractivity contribution in [2.75, 3.05) is 48.0 Å². The molecule has 1 N–H and O–H groups in total. The summed E-state index contributed by atoms with van der Waals surface area (Å²) in [4.78, 5) is 49.6. The number of alkyl halides is 2. The van der Waals surface area contributed by atoms with Gasteiger partial charge in [-0.1, -0.05) is 17.7 Å². The number of Topliss-reactive ketones (excluding diaryl/α,β-unsaturated/α-hetero) is 1. The second-order valence-electron chi connectivity index (χ2n) is 14.1. The summed E-state index contributed by atoms with van der Waals surface area (Å²) in [6, 6.07) is 17.4. The number of nitrogens with zero attached hydrogens (tertiary/aromatic N) is 3. The van der Waals surface area contributed by atoms with Crippen molar-refractivity contribution in [3.63, 3.8) is 0 Å². The van der Waals surface area contributed by atoms with E-state index < -0.39 is 29.9 Å². The number of rotatable bonds is 8. The van der Waals surface area contributed by atoms with Crippen LogP contribution >= 0.6 is 22.9 Å². The smallest absolute Gasteiger partial charge is 0.265 e. The molecular formula is C41H33ClF4N4O4S. The van der Waals surface area contributed by atoms with Gasteiger partial charge in [0.2, 0.25) is 0 Å². The number of carbonyl (C=O) groups excluding carboxylic acids is 3. The first kappa shape index (κ1) is 36.8. The Labute approximate surface area is 322 Å². The Kier molecular flexibility index (Phi) is 9.95. The van der Waals surface area contributed by atoms with Crippen LogP contribution in [0.1, 0.15) is 66.3 Å². The van der Waals surface area contributed by atoms with Crippen molar-refractivity contribution < 1.29 is 36.7 Å². The number of halogens is 5. The highest BCUT2D eigenvalue weighted by molar-refractivity contribution is 7.17. The van der Waals surface area contributed by atoms with E-state index in [9.17, 15) is 31.9 Å². The van der Waals surface area contributed by atoms with E-state index in [4.69, 9.17) is 16.3 Å². The summed E-state index contributed by atoms with van der Waals surface area (Å²) >= 11 is 7.36. The van der Waals surface area contributed by atoms with Gasteiger partial charge in [0, 0.05) is 88.7 Å². The molecule has 55 heavy (non-hydrogen) atoms. The van der Waals surface area contributed by atoms with Gasteiger partial charge in [-0.3, -0.25) is 14.4 Å². The average molecular weight is 789 g/mol. The number of carbonyl (C=O) groups is 3. The first-order chi connectivity index (χ1) is 26.5. The van der Waals surface area contributed by atoms with Crippen LogP contribution < -0.4 is 15.1 Å². The molecule has 2 amide bonds. The summed E-state index contributed by atoms with van der Waals surface area (Å²) in [5.74, 6) is -2.13. The second kappa shape index (κ2) is 14.9. The van der Waals surface area contributed by atoms with Crippen molar-refractivity contribution >= 4 is 57.7 Å². The molecule has 3 aliphatic rings. The molecule has 3 aliphatic heterocycles. The molecule has 5 aromatic rings. The van der Waals surface area contributed by atoms with Crippen molar-refractivity contribution in [1.29, 1.82) is 0 Å². The Morgan fingerprint density at radius 3 is 2.47 bits per heavy atom. The third kappa shape index (κ3) is 7.24. The Bertz CT molecular complexity index is 2300. The lowest BCUT2D eigenvalue weighted by Crippen LogP contribution is -2.59. The maximum atomic E-state index is 14.7. The van der Waals surface area contributed by atoms with Gasteiger partial charge >= 0.3 is 0 Å². The normalized spacial score (nSPS) is 16.0. The fourth-order valence-electron chi connectivity index (χ4n) is 7.51. The van der Waals surface area contributed by atoms with Crippen LogP contribution in [0.4, 0.5) is 34.8 Å². The molecule has 2 aromatic heterocycles. The maximum absolute atomic E-state index is 14.7. The molecule has 0 atom stereocenters. The van der Waals surface area contributed by atoms with Crippen LogP contribution in [-0.4, -0.2) is 55.4 Å². The van der Waals surface area contributed by atoms with E-state index in [2.05, 4.69) is 10.3 Å². The van der Waals surface area contributed by atoms with E-state index in [-0.39, 0.29) is 51.4 Å². The molecule has 2 saturated heterocycles. The fraction of sp³-hybridized carbons (Fsp3) is 0.268. The van der Waals surface area contributed by atoms with Gasteiger partial charge in [-0.25, -0.2) is 22.5 Å². The number of amides is 2. The van der Waals surface area contributed by atoms with Crippen molar-refractivity contribution in [2.45, 2.75) is 32.1 Å². The van der Waals surface area contributed by atoms with Crippen LogP contribution in [0.2, 0.25) is 5.02 Å².